The zero-order chi connectivity index (χ0) is 23.3. The normalized spacial score (nSPS) is 25.5. The number of carbonyl (C=O) groups excluding carboxylic acids is 1. The second kappa shape index (κ2) is 8.18. The molecule has 0 radical (unpaired) electrons. The van der Waals surface area contributed by atoms with E-state index in [4.69, 9.17) is 9.47 Å². The number of hydrogen-bond acceptors (Lipinski definition) is 5. The lowest BCUT2D eigenvalue weighted by Crippen LogP contribution is -2.62. The summed E-state index contributed by atoms with van der Waals surface area (Å²) in [6.07, 6.45) is 1.23. The van der Waals surface area contributed by atoms with Crippen LogP contribution in [-0.4, -0.2) is 53.0 Å². The third kappa shape index (κ3) is 3.47. The number of benzene rings is 2. The molecule has 0 spiro atoms. The molecule has 2 atom stereocenters. The Bertz CT molecular complexity index is 1170. The molecule has 3 aromatic rings. The highest BCUT2D eigenvalue weighted by molar-refractivity contribution is 5.79. The molecule has 7 heteroatoms. The molecule has 2 aliphatic heterocycles. The van der Waals surface area contributed by atoms with E-state index in [1.807, 2.05) is 24.3 Å². The fraction of sp³-hybridized carbons (Fsp3) is 0.333. The van der Waals surface area contributed by atoms with Crippen LogP contribution < -0.4 is 0 Å². The quantitative estimate of drug-likeness (QED) is 0.634. The molecule has 2 unspecified atom stereocenters. The maximum absolute atomic E-state index is 13.3. The molecule has 3 aliphatic rings. The van der Waals surface area contributed by atoms with E-state index in [1.54, 1.807) is 4.90 Å². The number of aliphatic hydroxyl groups is 1. The van der Waals surface area contributed by atoms with Crippen molar-refractivity contribution in [3.8, 4) is 11.1 Å². The number of fused-ring (bicyclic) bond motifs is 5. The van der Waals surface area contributed by atoms with E-state index < -0.39 is 17.5 Å². The van der Waals surface area contributed by atoms with Crippen LogP contribution in [0.25, 0.3) is 11.1 Å². The number of hydrogen-bond donors (Lipinski definition) is 1. The van der Waals surface area contributed by atoms with Gasteiger partial charge in [0, 0.05) is 18.8 Å². The minimum Gasteiger partial charge on any atom is -0.448 e. The highest BCUT2D eigenvalue weighted by Crippen LogP contribution is 2.45. The molecule has 1 N–H and O–H groups in total. The van der Waals surface area contributed by atoms with E-state index in [-0.39, 0.29) is 37.5 Å². The van der Waals surface area contributed by atoms with E-state index in [2.05, 4.69) is 29.2 Å². The monoisotopic (exact) mass is 460 g/mol. The summed E-state index contributed by atoms with van der Waals surface area (Å²) >= 11 is 0. The molecule has 2 bridgehead atoms. The highest BCUT2D eigenvalue weighted by atomic mass is 19.1. The molecule has 174 valence electrons. The molecule has 2 fully saturated rings. The van der Waals surface area contributed by atoms with Gasteiger partial charge in [-0.2, -0.15) is 0 Å². The van der Waals surface area contributed by atoms with Gasteiger partial charge in [0.05, 0.1) is 37.2 Å². The molecule has 1 aromatic heterocycles. The first-order chi connectivity index (χ1) is 16.5. The van der Waals surface area contributed by atoms with Crippen molar-refractivity contribution in [1.82, 2.24) is 9.88 Å². The van der Waals surface area contributed by atoms with Crippen molar-refractivity contribution in [2.45, 2.75) is 36.4 Å². The molecule has 1 aliphatic carbocycles. The lowest BCUT2D eigenvalue weighted by atomic mass is 9.79. The van der Waals surface area contributed by atoms with Crippen molar-refractivity contribution in [3.05, 3.63) is 89.5 Å². The number of ether oxygens (including phenoxy) is 2. The van der Waals surface area contributed by atoms with Crippen LogP contribution in [0.15, 0.2) is 66.9 Å². The van der Waals surface area contributed by atoms with Gasteiger partial charge in [0.25, 0.3) is 0 Å². The second-order valence-corrected chi connectivity index (χ2v) is 9.36. The lowest BCUT2D eigenvalue weighted by molar-refractivity contribution is -0.138. The van der Waals surface area contributed by atoms with Crippen molar-refractivity contribution >= 4 is 6.09 Å². The summed E-state index contributed by atoms with van der Waals surface area (Å²) in [7, 11) is 0. The van der Waals surface area contributed by atoms with Crippen molar-refractivity contribution in [2.75, 3.05) is 19.8 Å². The molecule has 1 amide bonds. The number of rotatable bonds is 3. The van der Waals surface area contributed by atoms with Crippen molar-refractivity contribution in [1.29, 1.82) is 0 Å². The van der Waals surface area contributed by atoms with Gasteiger partial charge in [-0.25, -0.2) is 9.18 Å². The number of pyridine rings is 1. The van der Waals surface area contributed by atoms with Gasteiger partial charge in [0.15, 0.2) is 0 Å². The molecule has 3 heterocycles. The standard InChI is InChI=1S/C27H25FN2O4/c28-17-9-10-25(29-13-17)27(32)11-18-14-33-15-19(12-27)30(18)26(31)34-16-24-22-7-3-1-5-20(22)21-6-2-4-8-23(21)24/h1-10,13,18-19,24,32H,11-12,14-16H2. The zero-order valence-corrected chi connectivity index (χ0v) is 18.6. The van der Waals surface area contributed by atoms with Crippen molar-refractivity contribution in [2.24, 2.45) is 0 Å². The SMILES string of the molecule is O=C(OCC1c2ccccc2-c2ccccc21)N1C2COCC1CC(O)(c1ccc(F)cn1)C2. The number of amides is 1. The van der Waals surface area contributed by atoms with Gasteiger partial charge >= 0.3 is 6.09 Å². The zero-order valence-electron chi connectivity index (χ0n) is 18.6. The number of halogens is 1. The van der Waals surface area contributed by atoms with Crippen LogP contribution in [0, 0.1) is 5.82 Å². The molecule has 2 saturated heterocycles. The minimum absolute atomic E-state index is 0.0161. The smallest absolute Gasteiger partial charge is 0.410 e. The average Bonchev–Trinajstić information content (AvgIpc) is 3.16. The predicted octanol–water partition coefficient (Wildman–Crippen LogP) is 4.22. The molecule has 6 rings (SSSR count). The van der Waals surface area contributed by atoms with Crippen LogP contribution in [-0.2, 0) is 15.1 Å². The molecule has 34 heavy (non-hydrogen) atoms. The Balaban J connectivity index is 1.20. The summed E-state index contributed by atoms with van der Waals surface area (Å²) in [5, 5.41) is 11.3. The van der Waals surface area contributed by atoms with Crippen LogP contribution in [0.4, 0.5) is 9.18 Å². The Morgan fingerprint density at radius 1 is 1.03 bits per heavy atom. The van der Waals surface area contributed by atoms with Crippen molar-refractivity contribution < 1.29 is 23.8 Å². The first-order valence-corrected chi connectivity index (χ1v) is 11.6. The highest BCUT2D eigenvalue weighted by Gasteiger charge is 2.50. The number of morpholine rings is 1. The number of carbonyl (C=O) groups is 1. The predicted molar refractivity (Wildman–Crippen MR) is 123 cm³/mol. The van der Waals surface area contributed by atoms with Gasteiger partial charge in [-0.15, -0.1) is 0 Å². The maximum atomic E-state index is 13.3. The van der Waals surface area contributed by atoms with E-state index in [0.29, 0.717) is 18.9 Å². The third-order valence-corrected chi connectivity index (χ3v) is 7.30. The summed E-state index contributed by atoms with van der Waals surface area (Å²) in [4.78, 5) is 19.1. The van der Waals surface area contributed by atoms with Gasteiger partial charge in [-0.3, -0.25) is 9.88 Å². The Labute approximate surface area is 197 Å². The third-order valence-electron chi connectivity index (χ3n) is 7.30. The maximum Gasteiger partial charge on any atom is 0.410 e. The fourth-order valence-electron chi connectivity index (χ4n) is 5.80. The Morgan fingerprint density at radius 3 is 2.24 bits per heavy atom. The van der Waals surface area contributed by atoms with Gasteiger partial charge in [0.1, 0.15) is 18.0 Å². The molecule has 0 saturated carbocycles. The minimum atomic E-state index is -1.24. The van der Waals surface area contributed by atoms with Gasteiger partial charge in [-0.1, -0.05) is 48.5 Å². The molecule has 6 nitrogen and oxygen atoms in total. The van der Waals surface area contributed by atoms with Gasteiger partial charge in [-0.05, 0) is 34.4 Å². The van der Waals surface area contributed by atoms with Gasteiger partial charge < -0.3 is 14.6 Å². The van der Waals surface area contributed by atoms with Crippen LogP contribution in [0.2, 0.25) is 0 Å². The van der Waals surface area contributed by atoms with E-state index in [9.17, 15) is 14.3 Å². The Morgan fingerprint density at radius 2 is 1.65 bits per heavy atom. The Kier molecular flexibility index (Phi) is 5.12. The Hall–Kier alpha value is -3.29. The first kappa shape index (κ1) is 21.3. The van der Waals surface area contributed by atoms with Crippen LogP contribution in [0.3, 0.4) is 0 Å². The average molecular weight is 461 g/mol. The number of piperidine rings is 1. The summed E-state index contributed by atoms with van der Waals surface area (Å²) in [5.41, 5.74) is 3.86. The van der Waals surface area contributed by atoms with E-state index >= 15 is 0 Å². The van der Waals surface area contributed by atoms with Crippen LogP contribution >= 0.6 is 0 Å². The van der Waals surface area contributed by atoms with E-state index in [1.165, 1.54) is 23.3 Å². The summed E-state index contributed by atoms with van der Waals surface area (Å²) in [6.45, 7) is 0.863. The number of aromatic nitrogens is 1. The summed E-state index contributed by atoms with van der Waals surface area (Å²) in [6, 6.07) is 18.6. The first-order valence-electron chi connectivity index (χ1n) is 11.6. The summed E-state index contributed by atoms with van der Waals surface area (Å²) in [5.74, 6) is -0.468. The van der Waals surface area contributed by atoms with Crippen LogP contribution in [0.1, 0.15) is 35.6 Å². The van der Waals surface area contributed by atoms with Crippen molar-refractivity contribution in [3.63, 3.8) is 0 Å². The molecular formula is C27H25FN2O4. The topological polar surface area (TPSA) is 71.9 Å². The second-order valence-electron chi connectivity index (χ2n) is 9.36. The van der Waals surface area contributed by atoms with Crippen LogP contribution in [0.5, 0.6) is 0 Å². The lowest BCUT2D eigenvalue weighted by Gasteiger charge is -2.50. The van der Waals surface area contributed by atoms with Gasteiger partial charge in [0.2, 0.25) is 0 Å². The largest absolute Gasteiger partial charge is 0.448 e. The number of nitrogens with zero attached hydrogens (tertiary/aromatic N) is 2. The fourth-order valence-corrected chi connectivity index (χ4v) is 5.80. The molecular weight excluding hydrogens is 435 g/mol. The molecule has 2 aromatic carbocycles. The summed E-state index contributed by atoms with van der Waals surface area (Å²) < 4.78 is 24.9. The van der Waals surface area contributed by atoms with E-state index in [0.717, 1.165) is 17.3 Å².